The molecule has 0 bridgehead atoms. The molecule has 0 aromatic heterocycles. The lowest BCUT2D eigenvalue weighted by Crippen LogP contribution is -2.57. The molecule has 3 nitrogen and oxygen atoms in total. The molecular formula is C20H34O3. The van der Waals surface area contributed by atoms with Crippen LogP contribution in [-0.4, -0.2) is 34.6 Å². The van der Waals surface area contributed by atoms with E-state index in [1.807, 2.05) is 0 Å². The van der Waals surface area contributed by atoms with Gasteiger partial charge in [-0.1, -0.05) is 39.0 Å². The van der Waals surface area contributed by atoms with Gasteiger partial charge in [0, 0.05) is 5.41 Å². The molecule has 0 spiro atoms. The quantitative estimate of drug-likeness (QED) is 0.679. The van der Waals surface area contributed by atoms with Crippen molar-refractivity contribution in [2.45, 2.75) is 65.4 Å². The van der Waals surface area contributed by atoms with E-state index in [0.29, 0.717) is 11.8 Å². The number of aliphatic hydroxyl groups is 3. The summed E-state index contributed by atoms with van der Waals surface area (Å²) in [6, 6.07) is 0. The topological polar surface area (TPSA) is 60.7 Å². The Balaban J connectivity index is 2.27. The zero-order valence-electron chi connectivity index (χ0n) is 15.0. The van der Waals surface area contributed by atoms with Crippen molar-refractivity contribution in [3.63, 3.8) is 0 Å². The van der Waals surface area contributed by atoms with Gasteiger partial charge in [-0.3, -0.25) is 0 Å². The Hall–Kier alpha value is -0.640. The molecule has 23 heavy (non-hydrogen) atoms. The summed E-state index contributed by atoms with van der Waals surface area (Å²) in [6.07, 6.45) is 7.38. The third kappa shape index (κ3) is 3.16. The van der Waals surface area contributed by atoms with E-state index < -0.39 is 0 Å². The van der Waals surface area contributed by atoms with Gasteiger partial charge in [-0.25, -0.2) is 0 Å². The van der Waals surface area contributed by atoms with Crippen molar-refractivity contribution in [1.82, 2.24) is 0 Å². The molecule has 2 fully saturated rings. The summed E-state index contributed by atoms with van der Waals surface area (Å²) in [5.74, 6) is 0.875. The Bertz CT molecular complexity index is 470. The normalized spacial score (nSPS) is 41.7. The van der Waals surface area contributed by atoms with Crippen LogP contribution in [0.4, 0.5) is 0 Å². The van der Waals surface area contributed by atoms with Gasteiger partial charge in [0.15, 0.2) is 0 Å². The zero-order valence-corrected chi connectivity index (χ0v) is 15.0. The van der Waals surface area contributed by atoms with Crippen molar-refractivity contribution in [2.75, 3.05) is 13.2 Å². The van der Waals surface area contributed by atoms with Crippen molar-refractivity contribution in [2.24, 2.45) is 22.7 Å². The van der Waals surface area contributed by atoms with Crippen LogP contribution in [0.15, 0.2) is 23.8 Å². The largest absolute Gasteiger partial charge is 0.392 e. The van der Waals surface area contributed by atoms with Gasteiger partial charge < -0.3 is 15.3 Å². The Morgan fingerprint density at radius 3 is 2.65 bits per heavy atom. The second-order valence-corrected chi connectivity index (χ2v) is 8.19. The number of aliphatic hydroxyl groups excluding tert-OH is 3. The molecule has 0 aliphatic heterocycles. The fourth-order valence-electron chi connectivity index (χ4n) is 5.24. The molecule has 0 unspecified atom stereocenters. The van der Waals surface area contributed by atoms with E-state index >= 15 is 0 Å². The lowest BCUT2D eigenvalue weighted by Gasteiger charge is -2.60. The van der Waals surface area contributed by atoms with E-state index in [9.17, 15) is 10.2 Å². The van der Waals surface area contributed by atoms with Crippen LogP contribution in [-0.2, 0) is 0 Å². The van der Waals surface area contributed by atoms with Crippen molar-refractivity contribution >= 4 is 0 Å². The molecule has 2 saturated carbocycles. The van der Waals surface area contributed by atoms with E-state index in [-0.39, 0.29) is 30.1 Å². The summed E-state index contributed by atoms with van der Waals surface area (Å²) in [4.78, 5) is 0. The third-order valence-corrected chi connectivity index (χ3v) is 7.22. The van der Waals surface area contributed by atoms with Crippen LogP contribution in [0.5, 0.6) is 0 Å². The monoisotopic (exact) mass is 322 g/mol. The zero-order chi connectivity index (χ0) is 17.3. The molecule has 0 saturated heterocycles. The van der Waals surface area contributed by atoms with E-state index in [1.165, 1.54) is 5.57 Å². The molecule has 2 aliphatic rings. The first-order valence-electron chi connectivity index (χ1n) is 9.06. The molecule has 0 aromatic carbocycles. The molecule has 3 heteroatoms. The number of fused-ring (bicyclic) bond motifs is 1. The van der Waals surface area contributed by atoms with Crippen molar-refractivity contribution in [1.29, 1.82) is 0 Å². The van der Waals surface area contributed by atoms with Gasteiger partial charge in [0.2, 0.25) is 0 Å². The minimum atomic E-state index is -0.298. The highest BCUT2D eigenvalue weighted by Crippen LogP contribution is 2.62. The van der Waals surface area contributed by atoms with Gasteiger partial charge in [0.05, 0.1) is 19.3 Å². The maximum absolute atomic E-state index is 10.8. The summed E-state index contributed by atoms with van der Waals surface area (Å²) in [5, 5.41) is 29.4. The summed E-state index contributed by atoms with van der Waals surface area (Å²) >= 11 is 0. The van der Waals surface area contributed by atoms with Crippen LogP contribution in [0.2, 0.25) is 0 Å². The molecule has 132 valence electrons. The van der Waals surface area contributed by atoms with Gasteiger partial charge in [-0.2, -0.15) is 0 Å². The fraction of sp³-hybridized carbons (Fsp3) is 0.800. The minimum Gasteiger partial charge on any atom is -0.392 e. The van der Waals surface area contributed by atoms with Gasteiger partial charge in [-0.05, 0) is 61.3 Å². The second-order valence-electron chi connectivity index (χ2n) is 8.19. The molecular weight excluding hydrogens is 288 g/mol. The maximum atomic E-state index is 10.8. The summed E-state index contributed by atoms with van der Waals surface area (Å²) in [6.45, 7) is 11.1. The van der Waals surface area contributed by atoms with Gasteiger partial charge in [0.25, 0.3) is 0 Å². The van der Waals surface area contributed by atoms with Crippen LogP contribution >= 0.6 is 0 Å². The van der Waals surface area contributed by atoms with Crippen LogP contribution in [0, 0.1) is 22.7 Å². The Labute approximate surface area is 141 Å². The van der Waals surface area contributed by atoms with Gasteiger partial charge in [0.1, 0.15) is 0 Å². The molecule has 3 N–H and O–H groups in total. The average Bonchev–Trinajstić information content (AvgIpc) is 2.52. The fourth-order valence-corrected chi connectivity index (χ4v) is 5.24. The van der Waals surface area contributed by atoms with Crippen LogP contribution in [0.25, 0.3) is 0 Å². The number of hydrogen-bond donors (Lipinski definition) is 3. The van der Waals surface area contributed by atoms with Crippen LogP contribution in [0.1, 0.15) is 59.3 Å². The molecule has 5 atom stereocenters. The summed E-state index contributed by atoms with van der Waals surface area (Å²) < 4.78 is 0. The SMILES string of the molecule is C=C1CCC[C@@H]2[C@@](C)(CC/C(=C/CO)CO)[C@H](C)C[C@H](O)[C@@]12C. The van der Waals surface area contributed by atoms with Gasteiger partial charge in [-0.15, -0.1) is 0 Å². The Morgan fingerprint density at radius 2 is 2.04 bits per heavy atom. The first-order valence-corrected chi connectivity index (χ1v) is 9.06. The van der Waals surface area contributed by atoms with E-state index in [4.69, 9.17) is 5.11 Å². The highest BCUT2D eigenvalue weighted by molar-refractivity contribution is 5.22. The predicted molar refractivity (Wildman–Crippen MR) is 94.0 cm³/mol. The van der Waals surface area contributed by atoms with Gasteiger partial charge >= 0.3 is 0 Å². The second kappa shape index (κ2) is 7.08. The van der Waals surface area contributed by atoms with Crippen LogP contribution < -0.4 is 0 Å². The highest BCUT2D eigenvalue weighted by atomic mass is 16.3. The molecule has 0 aromatic rings. The van der Waals surface area contributed by atoms with Crippen molar-refractivity contribution < 1.29 is 15.3 Å². The first kappa shape index (κ1) is 18.7. The Morgan fingerprint density at radius 1 is 1.35 bits per heavy atom. The number of rotatable bonds is 5. The maximum Gasteiger partial charge on any atom is 0.0642 e. The first-order chi connectivity index (χ1) is 10.8. The van der Waals surface area contributed by atoms with Crippen LogP contribution in [0.3, 0.4) is 0 Å². The molecule has 2 rings (SSSR count). The Kier molecular flexibility index (Phi) is 5.76. The molecule has 2 aliphatic carbocycles. The summed E-state index contributed by atoms with van der Waals surface area (Å²) in [5.41, 5.74) is 2.08. The van der Waals surface area contributed by atoms with E-state index in [2.05, 4.69) is 27.4 Å². The predicted octanol–water partition coefficient (Wildman–Crippen LogP) is 3.45. The lowest BCUT2D eigenvalue weighted by atomic mass is 9.45. The molecule has 0 heterocycles. The summed E-state index contributed by atoms with van der Waals surface area (Å²) in [7, 11) is 0. The molecule has 0 radical (unpaired) electrons. The lowest BCUT2D eigenvalue weighted by molar-refractivity contribution is -0.129. The minimum absolute atomic E-state index is 0.0151. The third-order valence-electron chi connectivity index (χ3n) is 7.22. The smallest absolute Gasteiger partial charge is 0.0642 e. The highest BCUT2D eigenvalue weighted by Gasteiger charge is 2.57. The van der Waals surface area contributed by atoms with Crippen molar-refractivity contribution in [3.05, 3.63) is 23.8 Å². The standard InChI is InChI=1S/C20H34O3/c1-14-6-5-7-17-19(3,10-8-16(13-22)9-11-21)15(2)12-18(23)20(14,17)4/h9,15,17-18,21-23H,1,5-8,10-13H2,2-4H3/b16-9-/t15-,17-,18+,19+,20+/m1/s1. The van der Waals surface area contributed by atoms with Crippen molar-refractivity contribution in [3.8, 4) is 0 Å². The van der Waals surface area contributed by atoms with E-state index in [1.54, 1.807) is 6.08 Å². The molecule has 0 amide bonds. The van der Waals surface area contributed by atoms with E-state index in [0.717, 1.165) is 44.1 Å². The average molecular weight is 322 g/mol. The number of hydrogen-bond acceptors (Lipinski definition) is 3.